The topological polar surface area (TPSA) is 67.6 Å². The van der Waals surface area contributed by atoms with E-state index in [0.717, 1.165) is 30.5 Å². The van der Waals surface area contributed by atoms with Gasteiger partial charge in [-0.05, 0) is 49.9 Å². The van der Waals surface area contributed by atoms with Crippen LogP contribution in [0.1, 0.15) is 46.9 Å². The van der Waals surface area contributed by atoms with Crippen LogP contribution in [0.2, 0.25) is 0 Å². The number of piperidine rings is 1. The van der Waals surface area contributed by atoms with Crippen LogP contribution in [-0.4, -0.2) is 31.7 Å². The Bertz CT molecular complexity index is 1010. The molecule has 0 bridgehead atoms. The number of nitrogens with zero attached hydrogens (tertiary/aromatic N) is 4. The highest BCUT2D eigenvalue weighted by Gasteiger charge is 2.30. The van der Waals surface area contributed by atoms with Crippen molar-refractivity contribution in [2.24, 2.45) is 0 Å². The lowest BCUT2D eigenvalue weighted by Gasteiger charge is -2.35. The fourth-order valence-corrected chi connectivity index (χ4v) is 3.67. The molecule has 1 amide bonds. The smallest absolute Gasteiger partial charge is 0.270 e. The lowest BCUT2D eigenvalue weighted by atomic mass is 9.95. The van der Waals surface area contributed by atoms with Gasteiger partial charge in [0.1, 0.15) is 11.2 Å². The van der Waals surface area contributed by atoms with Crippen molar-refractivity contribution in [3.05, 3.63) is 76.1 Å². The molecule has 6 heteroatoms. The second-order valence-electron chi connectivity index (χ2n) is 6.63. The molecule has 132 valence electrons. The van der Waals surface area contributed by atoms with Crippen LogP contribution in [0.25, 0.3) is 5.65 Å². The number of aryl methyl sites for hydroxylation is 1. The van der Waals surface area contributed by atoms with Crippen LogP contribution in [0.5, 0.6) is 0 Å². The number of fused-ring (bicyclic) bond motifs is 1. The highest BCUT2D eigenvalue weighted by Crippen LogP contribution is 2.31. The van der Waals surface area contributed by atoms with E-state index in [1.165, 1.54) is 10.6 Å². The summed E-state index contributed by atoms with van der Waals surface area (Å²) in [5, 5.41) is 0. The van der Waals surface area contributed by atoms with Gasteiger partial charge in [-0.2, -0.15) is 0 Å². The van der Waals surface area contributed by atoms with Gasteiger partial charge in [0.25, 0.3) is 11.5 Å². The first-order chi connectivity index (χ1) is 12.7. The van der Waals surface area contributed by atoms with Gasteiger partial charge in [0.2, 0.25) is 0 Å². The number of rotatable bonds is 2. The Kier molecular flexibility index (Phi) is 4.24. The molecule has 1 fully saturated rings. The fourth-order valence-electron chi connectivity index (χ4n) is 3.67. The molecule has 6 nitrogen and oxygen atoms in total. The third-order valence-electron chi connectivity index (χ3n) is 4.99. The molecular weight excluding hydrogens is 328 g/mol. The number of amides is 1. The molecule has 1 aliphatic rings. The van der Waals surface area contributed by atoms with Gasteiger partial charge in [-0.3, -0.25) is 19.0 Å². The molecule has 1 saturated heterocycles. The largest absolute Gasteiger partial charge is 0.331 e. The molecule has 1 atom stereocenters. The molecule has 26 heavy (non-hydrogen) atoms. The first kappa shape index (κ1) is 16.4. The SMILES string of the molecule is Cc1cccc2ncc(C(=O)N3CCCCC3c3cccnc3)c(=O)n12. The average molecular weight is 348 g/mol. The van der Waals surface area contributed by atoms with Gasteiger partial charge in [-0.15, -0.1) is 0 Å². The maximum absolute atomic E-state index is 13.2. The van der Waals surface area contributed by atoms with Crippen LogP contribution < -0.4 is 5.56 Å². The van der Waals surface area contributed by atoms with Gasteiger partial charge in [0.05, 0.1) is 6.04 Å². The average Bonchev–Trinajstić information content (AvgIpc) is 2.68. The summed E-state index contributed by atoms with van der Waals surface area (Å²) in [6, 6.07) is 9.26. The van der Waals surface area contributed by atoms with Crippen molar-refractivity contribution in [1.82, 2.24) is 19.3 Å². The summed E-state index contributed by atoms with van der Waals surface area (Å²) in [7, 11) is 0. The first-order valence-corrected chi connectivity index (χ1v) is 8.85. The summed E-state index contributed by atoms with van der Waals surface area (Å²) < 4.78 is 1.50. The number of carbonyl (C=O) groups is 1. The van der Waals surface area contributed by atoms with Crippen molar-refractivity contribution >= 4 is 11.6 Å². The minimum absolute atomic E-state index is 0.0538. The molecular formula is C20H20N4O2. The molecule has 3 aromatic rings. The highest BCUT2D eigenvalue weighted by atomic mass is 16.2. The van der Waals surface area contributed by atoms with E-state index in [0.29, 0.717) is 12.2 Å². The predicted molar refractivity (Wildman–Crippen MR) is 98.1 cm³/mol. The molecule has 4 rings (SSSR count). The second-order valence-corrected chi connectivity index (χ2v) is 6.63. The summed E-state index contributed by atoms with van der Waals surface area (Å²) in [6.07, 6.45) is 7.79. The third-order valence-corrected chi connectivity index (χ3v) is 4.99. The van der Waals surface area contributed by atoms with Crippen LogP contribution in [0.15, 0.2) is 53.7 Å². The summed E-state index contributed by atoms with van der Waals surface area (Å²) in [4.78, 5) is 36.4. The number of likely N-dealkylation sites (tertiary alicyclic amines) is 1. The van der Waals surface area contributed by atoms with E-state index in [1.807, 2.05) is 31.2 Å². The molecule has 3 aromatic heterocycles. The molecule has 0 N–H and O–H groups in total. The van der Waals surface area contributed by atoms with Gasteiger partial charge in [-0.1, -0.05) is 12.1 Å². The van der Waals surface area contributed by atoms with Crippen LogP contribution in [0, 0.1) is 6.92 Å². The van der Waals surface area contributed by atoms with E-state index in [2.05, 4.69) is 9.97 Å². The van der Waals surface area contributed by atoms with Crippen LogP contribution in [0.4, 0.5) is 0 Å². The quantitative estimate of drug-likeness (QED) is 0.714. The number of carbonyl (C=O) groups excluding carboxylic acids is 1. The lowest BCUT2D eigenvalue weighted by Crippen LogP contribution is -2.41. The van der Waals surface area contributed by atoms with E-state index in [1.54, 1.807) is 23.4 Å². The normalized spacial score (nSPS) is 17.4. The molecule has 0 saturated carbocycles. The molecule has 1 aliphatic heterocycles. The molecule has 1 unspecified atom stereocenters. The van der Waals surface area contributed by atoms with Gasteiger partial charge in [0.15, 0.2) is 0 Å². The number of hydrogen-bond donors (Lipinski definition) is 0. The Morgan fingerprint density at radius 3 is 2.85 bits per heavy atom. The Hall–Kier alpha value is -3.02. The molecule has 0 spiro atoms. The first-order valence-electron chi connectivity index (χ1n) is 8.85. The van der Waals surface area contributed by atoms with Gasteiger partial charge in [0, 0.05) is 30.8 Å². The summed E-state index contributed by atoms with van der Waals surface area (Å²) in [5.41, 5.74) is 2.12. The number of aromatic nitrogens is 3. The zero-order valence-corrected chi connectivity index (χ0v) is 14.6. The van der Waals surface area contributed by atoms with E-state index in [-0.39, 0.29) is 23.1 Å². The molecule has 0 aromatic carbocycles. The second kappa shape index (κ2) is 6.71. The lowest BCUT2D eigenvalue weighted by molar-refractivity contribution is 0.0608. The fraction of sp³-hybridized carbons (Fsp3) is 0.300. The zero-order valence-electron chi connectivity index (χ0n) is 14.6. The zero-order chi connectivity index (χ0) is 18.1. The molecule has 0 radical (unpaired) electrons. The van der Waals surface area contributed by atoms with Crippen molar-refractivity contribution in [3.63, 3.8) is 0 Å². The third kappa shape index (κ3) is 2.77. The van der Waals surface area contributed by atoms with Crippen molar-refractivity contribution in [1.29, 1.82) is 0 Å². The van der Waals surface area contributed by atoms with Crippen molar-refractivity contribution in [2.75, 3.05) is 6.54 Å². The van der Waals surface area contributed by atoms with Gasteiger partial charge >= 0.3 is 0 Å². The standard InChI is InChI=1S/C20H20N4O2/c1-14-6-4-9-18-22-13-16(20(26)24(14)18)19(25)23-11-3-2-8-17(23)15-7-5-10-21-12-15/h4-7,9-10,12-13,17H,2-3,8,11H2,1H3. The monoisotopic (exact) mass is 348 g/mol. The maximum atomic E-state index is 13.2. The minimum atomic E-state index is -0.311. The van der Waals surface area contributed by atoms with Crippen molar-refractivity contribution in [2.45, 2.75) is 32.2 Å². The van der Waals surface area contributed by atoms with Crippen molar-refractivity contribution in [3.8, 4) is 0 Å². The summed E-state index contributed by atoms with van der Waals surface area (Å²) in [5.74, 6) is -0.256. The number of pyridine rings is 2. The van der Waals surface area contributed by atoms with Crippen LogP contribution in [-0.2, 0) is 0 Å². The summed E-state index contributed by atoms with van der Waals surface area (Å²) >= 11 is 0. The Morgan fingerprint density at radius 1 is 1.15 bits per heavy atom. The predicted octanol–water partition coefficient (Wildman–Crippen LogP) is 2.77. The molecule has 0 aliphatic carbocycles. The maximum Gasteiger partial charge on any atom is 0.270 e. The van der Waals surface area contributed by atoms with E-state index in [9.17, 15) is 9.59 Å². The van der Waals surface area contributed by atoms with Gasteiger partial charge < -0.3 is 4.90 Å². The Labute approximate surface area is 151 Å². The van der Waals surface area contributed by atoms with E-state index < -0.39 is 0 Å². The van der Waals surface area contributed by atoms with E-state index in [4.69, 9.17) is 0 Å². The molecule has 4 heterocycles. The van der Waals surface area contributed by atoms with E-state index >= 15 is 0 Å². The number of hydrogen-bond acceptors (Lipinski definition) is 4. The summed E-state index contributed by atoms with van der Waals surface area (Å²) in [6.45, 7) is 2.47. The highest BCUT2D eigenvalue weighted by molar-refractivity contribution is 5.94. The van der Waals surface area contributed by atoms with Crippen LogP contribution in [0.3, 0.4) is 0 Å². The minimum Gasteiger partial charge on any atom is -0.331 e. The van der Waals surface area contributed by atoms with Crippen LogP contribution >= 0.6 is 0 Å². The van der Waals surface area contributed by atoms with Crippen molar-refractivity contribution < 1.29 is 4.79 Å². The van der Waals surface area contributed by atoms with Gasteiger partial charge in [-0.25, -0.2) is 4.98 Å². The Balaban J connectivity index is 1.77. The Morgan fingerprint density at radius 2 is 2.04 bits per heavy atom.